The highest BCUT2D eigenvalue weighted by Gasteiger charge is 2.11. The molecule has 0 unspecified atom stereocenters. The van der Waals surface area contributed by atoms with Gasteiger partial charge in [-0.25, -0.2) is 4.79 Å². The molecule has 0 bridgehead atoms. The minimum Gasteiger partial charge on any atom is -0.467 e. The highest BCUT2D eigenvalue weighted by molar-refractivity contribution is 5.67. The van der Waals surface area contributed by atoms with Crippen LogP contribution in [0.25, 0.3) is 0 Å². The zero-order valence-electron chi connectivity index (χ0n) is 7.74. The minimum atomic E-state index is -0.425. The Hall–Kier alpha value is -1.45. The predicted molar refractivity (Wildman–Crippen MR) is 47.3 cm³/mol. The molecule has 4 heteroatoms. The van der Waals surface area contributed by atoms with Gasteiger partial charge in [-0.05, 0) is 26.0 Å². The highest BCUT2D eigenvalue weighted by atomic mass is 16.5. The van der Waals surface area contributed by atoms with Crippen molar-refractivity contribution in [3.05, 3.63) is 24.2 Å². The average Bonchev–Trinajstić information content (AvgIpc) is 2.55. The molecular formula is C9H13NO3. The second-order valence-electron chi connectivity index (χ2n) is 2.60. The van der Waals surface area contributed by atoms with Crippen LogP contribution in [-0.4, -0.2) is 12.7 Å². The Morgan fingerprint density at radius 2 is 2.54 bits per heavy atom. The van der Waals surface area contributed by atoms with E-state index in [4.69, 9.17) is 9.15 Å². The molecule has 0 aliphatic carbocycles. The number of nitrogens with one attached hydrogen (secondary N) is 1. The predicted octanol–water partition coefficient (Wildman–Crippen LogP) is 2.09. The third-order valence-corrected chi connectivity index (χ3v) is 1.58. The van der Waals surface area contributed by atoms with Crippen LogP contribution in [0.1, 0.15) is 25.6 Å². The van der Waals surface area contributed by atoms with Gasteiger partial charge in [-0.2, -0.15) is 0 Å². The van der Waals surface area contributed by atoms with Crippen molar-refractivity contribution in [3.8, 4) is 0 Å². The fraction of sp³-hybridized carbons (Fsp3) is 0.444. The highest BCUT2D eigenvalue weighted by Crippen LogP contribution is 2.11. The summed E-state index contributed by atoms with van der Waals surface area (Å²) in [5.41, 5.74) is 0. The Labute approximate surface area is 76.9 Å². The van der Waals surface area contributed by atoms with Gasteiger partial charge < -0.3 is 14.5 Å². The van der Waals surface area contributed by atoms with Crippen LogP contribution >= 0.6 is 0 Å². The monoisotopic (exact) mass is 183 g/mol. The molecular weight excluding hydrogens is 170 g/mol. The van der Waals surface area contributed by atoms with E-state index in [2.05, 4.69) is 5.32 Å². The Balaban J connectivity index is 2.42. The van der Waals surface area contributed by atoms with Crippen molar-refractivity contribution in [1.82, 2.24) is 5.32 Å². The van der Waals surface area contributed by atoms with Crippen LogP contribution in [0.4, 0.5) is 4.79 Å². The molecule has 1 aromatic rings. The Morgan fingerprint density at radius 1 is 1.77 bits per heavy atom. The number of hydrogen-bond donors (Lipinski definition) is 1. The van der Waals surface area contributed by atoms with E-state index >= 15 is 0 Å². The molecule has 1 N–H and O–H groups in total. The summed E-state index contributed by atoms with van der Waals surface area (Å²) in [5, 5.41) is 2.63. The molecule has 0 aromatic carbocycles. The SMILES string of the molecule is CCOC(=O)N[C@H](C)c1ccco1. The molecule has 0 saturated carbocycles. The summed E-state index contributed by atoms with van der Waals surface area (Å²) in [4.78, 5) is 11.0. The van der Waals surface area contributed by atoms with Crippen molar-refractivity contribution in [2.24, 2.45) is 0 Å². The number of furan rings is 1. The van der Waals surface area contributed by atoms with Crippen LogP contribution in [0.2, 0.25) is 0 Å². The minimum absolute atomic E-state index is 0.158. The second-order valence-corrected chi connectivity index (χ2v) is 2.60. The standard InChI is InChI=1S/C9H13NO3/c1-3-12-9(11)10-7(2)8-5-4-6-13-8/h4-7H,3H2,1-2H3,(H,10,11)/t7-/m1/s1. The number of carbonyl (C=O) groups is 1. The van der Waals surface area contributed by atoms with Crippen LogP contribution in [0, 0.1) is 0 Å². The number of ether oxygens (including phenoxy) is 1. The average molecular weight is 183 g/mol. The molecule has 1 amide bonds. The van der Waals surface area contributed by atoms with E-state index in [9.17, 15) is 4.79 Å². The van der Waals surface area contributed by atoms with Crippen LogP contribution in [0.3, 0.4) is 0 Å². The first-order valence-electron chi connectivity index (χ1n) is 4.20. The molecule has 0 saturated heterocycles. The first-order chi connectivity index (χ1) is 6.24. The maximum atomic E-state index is 11.0. The number of alkyl carbamates (subject to hydrolysis) is 1. The summed E-state index contributed by atoms with van der Waals surface area (Å²) in [6.07, 6.45) is 1.14. The van der Waals surface area contributed by atoms with Crippen LogP contribution in [-0.2, 0) is 4.74 Å². The van der Waals surface area contributed by atoms with Gasteiger partial charge in [0.15, 0.2) is 0 Å². The molecule has 1 rings (SSSR count). The summed E-state index contributed by atoms with van der Waals surface area (Å²) in [5.74, 6) is 0.716. The Morgan fingerprint density at radius 3 is 3.08 bits per heavy atom. The zero-order valence-corrected chi connectivity index (χ0v) is 7.74. The second kappa shape index (κ2) is 4.54. The van der Waals surface area contributed by atoms with E-state index in [1.54, 1.807) is 25.3 Å². The molecule has 0 spiro atoms. The fourth-order valence-electron chi connectivity index (χ4n) is 0.958. The third kappa shape index (κ3) is 2.82. The van der Waals surface area contributed by atoms with Crippen LogP contribution in [0.5, 0.6) is 0 Å². The lowest BCUT2D eigenvalue weighted by Gasteiger charge is -2.10. The van der Waals surface area contributed by atoms with Gasteiger partial charge in [0, 0.05) is 0 Å². The number of hydrogen-bond acceptors (Lipinski definition) is 3. The summed E-state index contributed by atoms with van der Waals surface area (Å²) < 4.78 is 9.82. The van der Waals surface area contributed by atoms with Crippen molar-refractivity contribution in [2.45, 2.75) is 19.9 Å². The molecule has 13 heavy (non-hydrogen) atoms. The summed E-state index contributed by atoms with van der Waals surface area (Å²) in [6.45, 7) is 3.96. The summed E-state index contributed by atoms with van der Waals surface area (Å²) in [6, 6.07) is 3.42. The quantitative estimate of drug-likeness (QED) is 0.780. The molecule has 0 radical (unpaired) electrons. The van der Waals surface area contributed by atoms with E-state index in [-0.39, 0.29) is 6.04 Å². The molecule has 1 aromatic heterocycles. The normalized spacial score (nSPS) is 12.2. The first-order valence-corrected chi connectivity index (χ1v) is 4.20. The maximum absolute atomic E-state index is 11.0. The van der Waals surface area contributed by atoms with Gasteiger partial charge in [-0.3, -0.25) is 0 Å². The van der Waals surface area contributed by atoms with Gasteiger partial charge >= 0.3 is 6.09 Å². The van der Waals surface area contributed by atoms with E-state index in [1.807, 2.05) is 6.92 Å². The van der Waals surface area contributed by atoms with Gasteiger partial charge in [0.25, 0.3) is 0 Å². The van der Waals surface area contributed by atoms with Gasteiger partial charge in [-0.1, -0.05) is 0 Å². The molecule has 72 valence electrons. The molecule has 0 fully saturated rings. The maximum Gasteiger partial charge on any atom is 0.407 e. The topological polar surface area (TPSA) is 51.5 Å². The molecule has 1 atom stereocenters. The van der Waals surface area contributed by atoms with Crippen LogP contribution < -0.4 is 5.32 Å². The summed E-state index contributed by atoms with van der Waals surface area (Å²) in [7, 11) is 0. The lowest BCUT2D eigenvalue weighted by atomic mass is 10.3. The summed E-state index contributed by atoms with van der Waals surface area (Å²) >= 11 is 0. The molecule has 4 nitrogen and oxygen atoms in total. The molecule has 0 aliphatic heterocycles. The van der Waals surface area contributed by atoms with E-state index in [1.165, 1.54) is 0 Å². The number of rotatable bonds is 3. The Kier molecular flexibility index (Phi) is 3.37. The van der Waals surface area contributed by atoms with Crippen molar-refractivity contribution < 1.29 is 13.9 Å². The smallest absolute Gasteiger partial charge is 0.407 e. The van der Waals surface area contributed by atoms with Gasteiger partial charge in [0.2, 0.25) is 0 Å². The van der Waals surface area contributed by atoms with Crippen molar-refractivity contribution in [1.29, 1.82) is 0 Å². The Bertz CT molecular complexity index is 256. The number of amides is 1. The molecule has 1 heterocycles. The van der Waals surface area contributed by atoms with Crippen molar-refractivity contribution in [3.63, 3.8) is 0 Å². The van der Waals surface area contributed by atoms with Gasteiger partial charge in [0.1, 0.15) is 5.76 Å². The zero-order chi connectivity index (χ0) is 9.68. The van der Waals surface area contributed by atoms with Gasteiger partial charge in [0.05, 0.1) is 18.9 Å². The number of carbonyl (C=O) groups excluding carboxylic acids is 1. The van der Waals surface area contributed by atoms with E-state index in [0.717, 1.165) is 0 Å². The third-order valence-electron chi connectivity index (χ3n) is 1.58. The van der Waals surface area contributed by atoms with E-state index in [0.29, 0.717) is 12.4 Å². The van der Waals surface area contributed by atoms with Crippen molar-refractivity contribution in [2.75, 3.05) is 6.61 Å². The lowest BCUT2D eigenvalue weighted by molar-refractivity contribution is 0.147. The van der Waals surface area contributed by atoms with Gasteiger partial charge in [-0.15, -0.1) is 0 Å². The fourth-order valence-corrected chi connectivity index (χ4v) is 0.958. The van der Waals surface area contributed by atoms with Crippen molar-refractivity contribution >= 4 is 6.09 Å². The van der Waals surface area contributed by atoms with Crippen LogP contribution in [0.15, 0.2) is 22.8 Å². The largest absolute Gasteiger partial charge is 0.467 e. The van der Waals surface area contributed by atoms with E-state index < -0.39 is 6.09 Å². The molecule has 0 aliphatic rings. The first kappa shape index (κ1) is 9.64. The lowest BCUT2D eigenvalue weighted by Crippen LogP contribution is -2.26.